The van der Waals surface area contributed by atoms with Crippen LogP contribution in [0.5, 0.6) is 0 Å². The van der Waals surface area contributed by atoms with Crippen molar-refractivity contribution >= 4 is 12.0 Å². The van der Waals surface area contributed by atoms with Crippen LogP contribution in [0.15, 0.2) is 36.5 Å². The van der Waals surface area contributed by atoms with Gasteiger partial charge in [-0.1, -0.05) is 18.7 Å². The Morgan fingerprint density at radius 3 is 2.52 bits per heavy atom. The summed E-state index contributed by atoms with van der Waals surface area (Å²) in [4.78, 5) is 23.8. The minimum absolute atomic E-state index is 0.263. The summed E-state index contributed by atoms with van der Waals surface area (Å²) in [5, 5.41) is 5.13. The summed E-state index contributed by atoms with van der Waals surface area (Å²) in [7, 11) is 0. The molecule has 0 radical (unpaired) electrons. The summed E-state index contributed by atoms with van der Waals surface area (Å²) < 4.78 is 18.2. The maximum atomic E-state index is 13.0. The molecule has 1 fully saturated rings. The predicted molar refractivity (Wildman–Crippen MR) is 74.7 cm³/mol. The minimum atomic E-state index is -0.768. The van der Waals surface area contributed by atoms with Crippen LogP contribution in [0.2, 0.25) is 0 Å². The molecule has 1 heterocycles. The van der Waals surface area contributed by atoms with Gasteiger partial charge in [0.15, 0.2) is 0 Å². The Morgan fingerprint density at radius 1 is 1.33 bits per heavy atom. The molecule has 2 N–H and O–H groups in total. The molecule has 2 amide bonds. The second kappa shape index (κ2) is 5.95. The van der Waals surface area contributed by atoms with Crippen LogP contribution >= 0.6 is 0 Å². The molecular formula is C15H17FN2O3. The first kappa shape index (κ1) is 15.0. The normalized spacial score (nSPS) is 21.7. The number of benzene rings is 1. The van der Waals surface area contributed by atoms with Gasteiger partial charge in [-0.15, -0.1) is 0 Å². The van der Waals surface area contributed by atoms with Gasteiger partial charge in [-0.3, -0.25) is 4.79 Å². The average Bonchev–Trinajstić information content (AvgIpc) is 2.37. The molecule has 1 aromatic rings. The summed E-state index contributed by atoms with van der Waals surface area (Å²) >= 11 is 0. The van der Waals surface area contributed by atoms with E-state index < -0.39 is 24.0 Å². The standard InChI is InChI=1S/C15H17FN2O3/c1-8(2)21-14(19)12-9(3)17-15(20)18-13(12)10-4-6-11(16)7-5-10/h4-8,12-13H,3H2,1-2H3,(H2,17,18,20). The predicted octanol–water partition coefficient (Wildman–Crippen LogP) is 2.26. The molecule has 1 aliphatic heterocycles. The Kier molecular flexibility index (Phi) is 4.26. The summed E-state index contributed by atoms with van der Waals surface area (Å²) in [6, 6.07) is 4.50. The summed E-state index contributed by atoms with van der Waals surface area (Å²) in [5.74, 6) is -1.65. The van der Waals surface area contributed by atoms with Crippen molar-refractivity contribution in [1.82, 2.24) is 10.6 Å². The van der Waals surface area contributed by atoms with Gasteiger partial charge >= 0.3 is 12.0 Å². The highest BCUT2D eigenvalue weighted by Gasteiger charge is 2.39. The molecule has 1 aliphatic rings. The summed E-state index contributed by atoms with van der Waals surface area (Å²) in [6.45, 7) is 7.20. The van der Waals surface area contributed by atoms with Crippen LogP contribution in [0.3, 0.4) is 0 Å². The van der Waals surface area contributed by atoms with Gasteiger partial charge in [0.05, 0.1) is 12.1 Å². The van der Waals surface area contributed by atoms with Gasteiger partial charge in [0.25, 0.3) is 0 Å². The van der Waals surface area contributed by atoms with Crippen molar-refractivity contribution in [2.24, 2.45) is 5.92 Å². The van der Waals surface area contributed by atoms with Crippen molar-refractivity contribution in [1.29, 1.82) is 0 Å². The van der Waals surface area contributed by atoms with Crippen molar-refractivity contribution < 1.29 is 18.7 Å². The number of carbonyl (C=O) groups is 2. The van der Waals surface area contributed by atoms with Crippen LogP contribution in [0.25, 0.3) is 0 Å². The fraction of sp³-hybridized carbons (Fsp3) is 0.333. The number of amides is 2. The van der Waals surface area contributed by atoms with Gasteiger partial charge in [-0.25, -0.2) is 9.18 Å². The van der Waals surface area contributed by atoms with E-state index in [1.54, 1.807) is 13.8 Å². The number of hydrogen-bond donors (Lipinski definition) is 2. The van der Waals surface area contributed by atoms with Crippen LogP contribution < -0.4 is 10.6 Å². The van der Waals surface area contributed by atoms with Crippen LogP contribution in [0, 0.1) is 11.7 Å². The van der Waals surface area contributed by atoms with E-state index >= 15 is 0 Å². The second-order valence-electron chi connectivity index (χ2n) is 5.12. The third-order valence-corrected chi connectivity index (χ3v) is 3.10. The number of urea groups is 1. The first-order valence-corrected chi connectivity index (χ1v) is 6.60. The van der Waals surface area contributed by atoms with Gasteiger partial charge in [-0.05, 0) is 31.5 Å². The molecule has 6 heteroatoms. The highest BCUT2D eigenvalue weighted by Crippen LogP contribution is 2.30. The second-order valence-corrected chi connectivity index (χ2v) is 5.12. The smallest absolute Gasteiger partial charge is 0.319 e. The van der Waals surface area contributed by atoms with Crippen LogP contribution in [-0.2, 0) is 9.53 Å². The maximum absolute atomic E-state index is 13.0. The number of ether oxygens (including phenoxy) is 1. The Morgan fingerprint density at radius 2 is 1.95 bits per heavy atom. The fourth-order valence-corrected chi connectivity index (χ4v) is 2.22. The molecule has 2 atom stereocenters. The van der Waals surface area contributed by atoms with Crippen molar-refractivity contribution in [2.75, 3.05) is 0 Å². The lowest BCUT2D eigenvalue weighted by molar-refractivity contribution is -0.152. The van der Waals surface area contributed by atoms with E-state index in [-0.39, 0.29) is 17.6 Å². The Bertz CT molecular complexity index is 569. The van der Waals surface area contributed by atoms with Gasteiger partial charge < -0.3 is 15.4 Å². The minimum Gasteiger partial charge on any atom is -0.462 e. The molecule has 112 valence electrons. The highest BCUT2D eigenvalue weighted by molar-refractivity contribution is 5.85. The maximum Gasteiger partial charge on any atom is 0.319 e. The van der Waals surface area contributed by atoms with Crippen LogP contribution in [0.4, 0.5) is 9.18 Å². The van der Waals surface area contributed by atoms with E-state index in [0.717, 1.165) is 0 Å². The zero-order valence-electron chi connectivity index (χ0n) is 11.9. The fourth-order valence-electron chi connectivity index (χ4n) is 2.22. The van der Waals surface area contributed by atoms with Gasteiger partial charge in [0.1, 0.15) is 11.7 Å². The van der Waals surface area contributed by atoms with Crippen molar-refractivity contribution in [3.8, 4) is 0 Å². The molecule has 0 aromatic heterocycles. The topological polar surface area (TPSA) is 67.4 Å². The van der Waals surface area contributed by atoms with Crippen molar-refractivity contribution in [3.05, 3.63) is 47.9 Å². The largest absolute Gasteiger partial charge is 0.462 e. The van der Waals surface area contributed by atoms with Gasteiger partial charge in [-0.2, -0.15) is 0 Å². The molecule has 2 unspecified atom stereocenters. The van der Waals surface area contributed by atoms with Crippen LogP contribution in [0.1, 0.15) is 25.5 Å². The molecule has 0 saturated carbocycles. The van der Waals surface area contributed by atoms with E-state index in [1.807, 2.05) is 0 Å². The molecule has 0 spiro atoms. The lowest BCUT2D eigenvalue weighted by Crippen LogP contribution is -2.51. The molecule has 0 bridgehead atoms. The summed E-state index contributed by atoms with van der Waals surface area (Å²) in [5.41, 5.74) is 0.872. The monoisotopic (exact) mass is 292 g/mol. The van der Waals surface area contributed by atoms with E-state index in [0.29, 0.717) is 5.56 Å². The number of nitrogens with one attached hydrogen (secondary N) is 2. The zero-order valence-corrected chi connectivity index (χ0v) is 11.9. The summed E-state index contributed by atoms with van der Waals surface area (Å²) in [6.07, 6.45) is -0.281. The van der Waals surface area contributed by atoms with Gasteiger partial charge in [0.2, 0.25) is 0 Å². The molecule has 0 aliphatic carbocycles. The van der Waals surface area contributed by atoms with Crippen molar-refractivity contribution in [2.45, 2.75) is 26.0 Å². The number of hydrogen-bond acceptors (Lipinski definition) is 3. The quantitative estimate of drug-likeness (QED) is 0.840. The van der Waals surface area contributed by atoms with E-state index in [1.165, 1.54) is 24.3 Å². The number of esters is 1. The first-order chi connectivity index (χ1) is 9.88. The van der Waals surface area contributed by atoms with E-state index in [2.05, 4.69) is 17.2 Å². The molecular weight excluding hydrogens is 275 g/mol. The molecule has 1 saturated heterocycles. The third kappa shape index (κ3) is 3.39. The van der Waals surface area contributed by atoms with Crippen LogP contribution in [-0.4, -0.2) is 18.1 Å². The lowest BCUT2D eigenvalue weighted by atomic mass is 9.89. The number of halogens is 1. The lowest BCUT2D eigenvalue weighted by Gasteiger charge is -2.33. The SMILES string of the molecule is C=C1NC(=O)NC(c2ccc(F)cc2)C1C(=O)OC(C)C. The molecule has 21 heavy (non-hydrogen) atoms. The number of rotatable bonds is 3. The molecule has 5 nitrogen and oxygen atoms in total. The van der Waals surface area contributed by atoms with E-state index in [9.17, 15) is 14.0 Å². The Labute approximate surface area is 122 Å². The van der Waals surface area contributed by atoms with Gasteiger partial charge in [0, 0.05) is 5.70 Å². The molecule has 1 aromatic carbocycles. The van der Waals surface area contributed by atoms with E-state index in [4.69, 9.17) is 4.74 Å². The Hall–Kier alpha value is -2.37. The average molecular weight is 292 g/mol. The van der Waals surface area contributed by atoms with Crippen molar-refractivity contribution in [3.63, 3.8) is 0 Å². The highest BCUT2D eigenvalue weighted by atomic mass is 19.1. The first-order valence-electron chi connectivity index (χ1n) is 6.60. The number of carbonyl (C=O) groups excluding carboxylic acids is 2. The third-order valence-electron chi connectivity index (χ3n) is 3.10. The molecule has 2 rings (SSSR count). The Balaban J connectivity index is 2.32. The zero-order chi connectivity index (χ0) is 15.6.